The molecule has 1 heterocycles. The first-order chi connectivity index (χ1) is 9.58. The molecule has 1 fully saturated rings. The van der Waals surface area contributed by atoms with Crippen molar-refractivity contribution in [3.63, 3.8) is 0 Å². The summed E-state index contributed by atoms with van der Waals surface area (Å²) in [6.07, 6.45) is 0. The maximum Gasteiger partial charge on any atom is 0.330 e. The van der Waals surface area contributed by atoms with Gasteiger partial charge in [0.15, 0.2) is 6.04 Å². The number of carbonyl (C=O) groups is 3. The highest BCUT2D eigenvalue weighted by Gasteiger charge is 2.28. The second-order valence-corrected chi connectivity index (χ2v) is 4.43. The summed E-state index contributed by atoms with van der Waals surface area (Å²) in [5, 5.41) is 17.0. The second kappa shape index (κ2) is 6.16. The normalized spacial score (nSPS) is 19.8. The Balaban J connectivity index is 2.03. The lowest BCUT2D eigenvalue weighted by Gasteiger charge is -2.25. The van der Waals surface area contributed by atoms with Gasteiger partial charge >= 0.3 is 5.97 Å². The Hall–Kier alpha value is -2.41. The van der Waals surface area contributed by atoms with Gasteiger partial charge in [-0.05, 0) is 5.56 Å². The van der Waals surface area contributed by atoms with E-state index in [1.54, 1.807) is 30.3 Å². The SMILES string of the molecule is O=C1CNC(C(=O)N[C@@H](C(=O)O)c2ccccc2)CN1. The van der Waals surface area contributed by atoms with Crippen molar-refractivity contribution in [3.8, 4) is 0 Å². The van der Waals surface area contributed by atoms with Crippen LogP contribution in [0.15, 0.2) is 30.3 Å². The van der Waals surface area contributed by atoms with Crippen molar-refractivity contribution in [1.29, 1.82) is 0 Å². The zero-order valence-corrected chi connectivity index (χ0v) is 10.6. The van der Waals surface area contributed by atoms with E-state index < -0.39 is 24.0 Å². The van der Waals surface area contributed by atoms with Gasteiger partial charge in [0, 0.05) is 6.54 Å². The van der Waals surface area contributed by atoms with E-state index in [0.717, 1.165) is 0 Å². The van der Waals surface area contributed by atoms with Crippen molar-refractivity contribution in [2.45, 2.75) is 12.1 Å². The van der Waals surface area contributed by atoms with Gasteiger partial charge < -0.3 is 15.7 Å². The molecular weight excluding hydrogens is 262 g/mol. The summed E-state index contributed by atoms with van der Waals surface area (Å²) in [5.41, 5.74) is 0.494. The lowest BCUT2D eigenvalue weighted by Crippen LogP contribution is -2.58. The molecule has 0 aliphatic carbocycles. The van der Waals surface area contributed by atoms with Crippen LogP contribution in [0.25, 0.3) is 0 Å². The van der Waals surface area contributed by atoms with Crippen LogP contribution in [0.5, 0.6) is 0 Å². The van der Waals surface area contributed by atoms with Crippen LogP contribution in [0.4, 0.5) is 0 Å². The molecule has 1 saturated heterocycles. The van der Waals surface area contributed by atoms with Gasteiger partial charge in [0.2, 0.25) is 11.8 Å². The van der Waals surface area contributed by atoms with Gasteiger partial charge in [-0.1, -0.05) is 30.3 Å². The number of piperazine rings is 1. The number of nitrogens with one attached hydrogen (secondary N) is 3. The minimum atomic E-state index is -1.13. The van der Waals surface area contributed by atoms with Crippen LogP contribution in [-0.4, -0.2) is 42.0 Å². The highest BCUT2D eigenvalue weighted by Crippen LogP contribution is 2.12. The molecule has 1 aromatic carbocycles. The molecule has 106 valence electrons. The van der Waals surface area contributed by atoms with Crippen LogP contribution >= 0.6 is 0 Å². The van der Waals surface area contributed by atoms with Gasteiger partial charge in [0.1, 0.15) is 6.04 Å². The molecule has 0 saturated carbocycles. The Morgan fingerprint density at radius 3 is 2.55 bits per heavy atom. The van der Waals surface area contributed by atoms with Crippen LogP contribution in [0.3, 0.4) is 0 Å². The van der Waals surface area contributed by atoms with Crippen molar-refractivity contribution in [1.82, 2.24) is 16.0 Å². The van der Waals surface area contributed by atoms with E-state index in [0.29, 0.717) is 5.56 Å². The molecule has 0 aromatic heterocycles. The highest BCUT2D eigenvalue weighted by atomic mass is 16.4. The molecule has 1 aromatic rings. The van der Waals surface area contributed by atoms with Crippen molar-refractivity contribution < 1.29 is 19.5 Å². The summed E-state index contributed by atoms with van der Waals surface area (Å²) in [7, 11) is 0. The summed E-state index contributed by atoms with van der Waals surface area (Å²) in [6.45, 7) is 0.187. The minimum absolute atomic E-state index is 0.0428. The molecule has 1 aliphatic rings. The van der Waals surface area contributed by atoms with Crippen molar-refractivity contribution >= 4 is 17.8 Å². The average Bonchev–Trinajstić information content (AvgIpc) is 2.46. The maximum atomic E-state index is 12.0. The summed E-state index contributed by atoms with van der Waals surface area (Å²) < 4.78 is 0. The van der Waals surface area contributed by atoms with Crippen LogP contribution in [-0.2, 0) is 14.4 Å². The number of aliphatic carboxylic acids is 1. The topological polar surface area (TPSA) is 108 Å². The van der Waals surface area contributed by atoms with Gasteiger partial charge in [-0.25, -0.2) is 4.79 Å². The predicted octanol–water partition coefficient (Wildman–Crippen LogP) is -0.983. The zero-order valence-electron chi connectivity index (χ0n) is 10.6. The van der Waals surface area contributed by atoms with E-state index in [1.807, 2.05) is 0 Å². The number of amides is 2. The third kappa shape index (κ3) is 3.33. The third-order valence-corrected chi connectivity index (χ3v) is 3.00. The lowest BCUT2D eigenvalue weighted by atomic mass is 10.1. The van der Waals surface area contributed by atoms with Gasteiger partial charge in [-0.3, -0.25) is 14.9 Å². The molecule has 20 heavy (non-hydrogen) atoms. The van der Waals surface area contributed by atoms with Gasteiger partial charge in [0.05, 0.1) is 6.54 Å². The molecule has 2 atom stereocenters. The molecule has 7 nitrogen and oxygen atoms in total. The zero-order chi connectivity index (χ0) is 14.5. The van der Waals surface area contributed by atoms with Crippen molar-refractivity contribution in [2.75, 3.05) is 13.1 Å². The predicted molar refractivity (Wildman–Crippen MR) is 69.8 cm³/mol. The number of carboxylic acids is 1. The van der Waals surface area contributed by atoms with E-state index >= 15 is 0 Å². The average molecular weight is 277 g/mol. The monoisotopic (exact) mass is 277 g/mol. The van der Waals surface area contributed by atoms with Crippen LogP contribution < -0.4 is 16.0 Å². The molecule has 2 rings (SSSR count). The molecule has 2 amide bonds. The number of rotatable bonds is 4. The van der Waals surface area contributed by atoms with E-state index in [1.165, 1.54) is 0 Å². The fourth-order valence-electron chi connectivity index (χ4n) is 1.93. The first-order valence-corrected chi connectivity index (χ1v) is 6.16. The highest BCUT2D eigenvalue weighted by molar-refractivity contribution is 5.90. The lowest BCUT2D eigenvalue weighted by molar-refractivity contribution is -0.142. The second-order valence-electron chi connectivity index (χ2n) is 4.43. The van der Waals surface area contributed by atoms with E-state index in [2.05, 4.69) is 16.0 Å². The van der Waals surface area contributed by atoms with E-state index in [-0.39, 0.29) is 19.0 Å². The number of benzene rings is 1. The first kappa shape index (κ1) is 14.0. The molecule has 0 bridgehead atoms. The van der Waals surface area contributed by atoms with Gasteiger partial charge in [0.25, 0.3) is 0 Å². The third-order valence-electron chi connectivity index (χ3n) is 3.00. The molecular formula is C13H15N3O4. The van der Waals surface area contributed by atoms with Crippen molar-refractivity contribution in [3.05, 3.63) is 35.9 Å². The Labute approximate surface area is 115 Å². The summed E-state index contributed by atoms with van der Waals surface area (Å²) in [5.74, 6) is -1.78. The number of hydrogen-bond acceptors (Lipinski definition) is 4. The van der Waals surface area contributed by atoms with Crippen LogP contribution in [0.2, 0.25) is 0 Å². The number of carboxylic acid groups (broad SMARTS) is 1. The molecule has 1 unspecified atom stereocenters. The van der Waals surface area contributed by atoms with Crippen LogP contribution in [0, 0.1) is 0 Å². The standard InChI is InChI=1S/C13H15N3O4/c17-10-7-14-9(6-15-10)12(18)16-11(13(19)20)8-4-2-1-3-5-8/h1-5,9,11,14H,6-7H2,(H,15,17)(H,16,18)(H,19,20)/t9?,11-/m1/s1. The Morgan fingerprint density at radius 1 is 1.30 bits per heavy atom. The Bertz CT molecular complexity index is 508. The summed E-state index contributed by atoms with van der Waals surface area (Å²) in [6, 6.07) is 6.71. The van der Waals surface area contributed by atoms with Crippen LogP contribution in [0.1, 0.15) is 11.6 Å². The first-order valence-electron chi connectivity index (χ1n) is 6.16. The van der Waals surface area contributed by atoms with E-state index in [4.69, 9.17) is 0 Å². The molecule has 0 spiro atoms. The summed E-state index contributed by atoms with van der Waals surface area (Å²) in [4.78, 5) is 34.3. The number of hydrogen-bond donors (Lipinski definition) is 4. The molecule has 1 aliphatic heterocycles. The van der Waals surface area contributed by atoms with Gasteiger partial charge in [-0.2, -0.15) is 0 Å². The number of carbonyl (C=O) groups excluding carboxylic acids is 2. The van der Waals surface area contributed by atoms with Gasteiger partial charge in [-0.15, -0.1) is 0 Å². The molecule has 0 radical (unpaired) electrons. The largest absolute Gasteiger partial charge is 0.479 e. The Kier molecular flexibility index (Phi) is 4.31. The fraction of sp³-hybridized carbons (Fsp3) is 0.308. The van der Waals surface area contributed by atoms with E-state index in [9.17, 15) is 19.5 Å². The fourth-order valence-corrected chi connectivity index (χ4v) is 1.93. The quantitative estimate of drug-likeness (QED) is 0.565. The summed E-state index contributed by atoms with van der Waals surface area (Å²) >= 11 is 0. The van der Waals surface area contributed by atoms with Crippen molar-refractivity contribution in [2.24, 2.45) is 0 Å². The smallest absolute Gasteiger partial charge is 0.330 e. The molecule has 4 N–H and O–H groups in total. The minimum Gasteiger partial charge on any atom is -0.479 e. The maximum absolute atomic E-state index is 12.0. The molecule has 7 heteroatoms. The Morgan fingerprint density at radius 2 is 2.00 bits per heavy atom.